The molecule has 1 rings (SSSR count). The molecular weight excluding hydrogens is 234 g/mol. The lowest BCUT2D eigenvalue weighted by Gasteiger charge is -2.09. The van der Waals surface area contributed by atoms with Gasteiger partial charge in [-0.05, 0) is 6.42 Å². The zero-order chi connectivity index (χ0) is 13.5. The molecule has 1 unspecified atom stereocenters. The Hall–Kier alpha value is -1.95. The number of nitrogens with zero attached hydrogens (tertiary/aromatic N) is 1. The van der Waals surface area contributed by atoms with Crippen molar-refractivity contribution >= 4 is 11.6 Å². The summed E-state index contributed by atoms with van der Waals surface area (Å²) in [6.45, 7) is 2.39. The van der Waals surface area contributed by atoms with Crippen LogP contribution < -0.4 is 11.1 Å². The molecule has 1 amide bonds. The fraction of sp³-hybridized carbons (Fsp3) is 0.417. The molecule has 0 saturated carbocycles. The second-order valence-electron chi connectivity index (χ2n) is 4.06. The maximum Gasteiger partial charge on any atom is 0.272 e. The van der Waals surface area contributed by atoms with Crippen LogP contribution in [0, 0.1) is 16.0 Å². The molecule has 0 aliphatic rings. The molecule has 3 N–H and O–H groups in total. The first-order chi connectivity index (χ1) is 8.56. The number of rotatable bonds is 6. The number of benzene rings is 1. The van der Waals surface area contributed by atoms with Crippen molar-refractivity contribution in [2.24, 2.45) is 11.7 Å². The Balaban J connectivity index is 2.54. The van der Waals surface area contributed by atoms with Crippen LogP contribution in [0.25, 0.3) is 0 Å². The van der Waals surface area contributed by atoms with Gasteiger partial charge in [-0.2, -0.15) is 0 Å². The molecule has 1 atom stereocenters. The summed E-state index contributed by atoms with van der Waals surface area (Å²) in [6, 6.07) is 6.51. The first-order valence-corrected chi connectivity index (χ1v) is 5.76. The average Bonchev–Trinajstić information content (AvgIpc) is 2.38. The van der Waals surface area contributed by atoms with Crippen LogP contribution in [0.3, 0.4) is 0 Å². The highest BCUT2D eigenvalue weighted by atomic mass is 16.6. The van der Waals surface area contributed by atoms with Crippen LogP contribution in [0.4, 0.5) is 5.69 Å². The highest BCUT2D eigenvalue weighted by Gasteiger charge is 2.13. The smallest absolute Gasteiger partial charge is 0.272 e. The summed E-state index contributed by atoms with van der Waals surface area (Å²) in [5.74, 6) is -0.369. The molecule has 0 heterocycles. The van der Waals surface area contributed by atoms with Crippen molar-refractivity contribution in [3.63, 3.8) is 0 Å². The van der Waals surface area contributed by atoms with Gasteiger partial charge in [0, 0.05) is 30.6 Å². The molecule has 0 radical (unpaired) electrons. The van der Waals surface area contributed by atoms with E-state index in [1.54, 1.807) is 25.1 Å². The molecule has 0 fully saturated rings. The summed E-state index contributed by atoms with van der Waals surface area (Å²) in [7, 11) is 0. The van der Waals surface area contributed by atoms with Crippen molar-refractivity contribution in [2.45, 2.75) is 13.3 Å². The second-order valence-corrected chi connectivity index (χ2v) is 4.06. The SMILES string of the molecule is CC(CN)C(=O)NCCc1ccccc1[N+](=O)[O-]. The minimum atomic E-state index is -0.417. The van der Waals surface area contributed by atoms with Crippen LogP contribution in [-0.2, 0) is 11.2 Å². The van der Waals surface area contributed by atoms with Crippen molar-refractivity contribution in [1.82, 2.24) is 5.32 Å². The summed E-state index contributed by atoms with van der Waals surface area (Å²) in [5.41, 5.74) is 6.07. The molecule has 1 aromatic carbocycles. The fourth-order valence-electron chi connectivity index (χ4n) is 1.50. The number of amides is 1. The maximum atomic E-state index is 11.5. The van der Waals surface area contributed by atoms with Gasteiger partial charge in [0.2, 0.25) is 5.91 Å². The summed E-state index contributed by atoms with van der Waals surface area (Å²) in [4.78, 5) is 21.8. The normalized spacial score (nSPS) is 11.9. The van der Waals surface area contributed by atoms with E-state index in [0.717, 1.165) is 0 Å². The lowest BCUT2D eigenvalue weighted by molar-refractivity contribution is -0.385. The third kappa shape index (κ3) is 3.81. The molecule has 0 aliphatic heterocycles. The number of para-hydroxylation sites is 1. The number of nitrogens with one attached hydrogen (secondary N) is 1. The maximum absolute atomic E-state index is 11.5. The Morgan fingerprint density at radius 3 is 2.78 bits per heavy atom. The Labute approximate surface area is 105 Å². The molecule has 1 aromatic rings. The first-order valence-electron chi connectivity index (χ1n) is 5.76. The number of nitrogens with two attached hydrogens (primary N) is 1. The molecule has 0 aliphatic carbocycles. The van der Waals surface area contributed by atoms with Crippen LogP contribution in [0.2, 0.25) is 0 Å². The second kappa shape index (κ2) is 6.70. The number of nitro benzene ring substituents is 1. The van der Waals surface area contributed by atoms with E-state index in [0.29, 0.717) is 18.5 Å². The number of hydrogen-bond acceptors (Lipinski definition) is 4. The Kier molecular flexibility index (Phi) is 5.26. The topological polar surface area (TPSA) is 98.3 Å². The molecule has 98 valence electrons. The van der Waals surface area contributed by atoms with Gasteiger partial charge in [0.05, 0.1) is 4.92 Å². The van der Waals surface area contributed by atoms with E-state index in [4.69, 9.17) is 5.73 Å². The quantitative estimate of drug-likeness (QED) is 0.578. The van der Waals surface area contributed by atoms with Gasteiger partial charge in [0.25, 0.3) is 5.69 Å². The number of carbonyl (C=O) groups is 1. The predicted molar refractivity (Wildman–Crippen MR) is 68.0 cm³/mol. The molecular formula is C12H17N3O3. The average molecular weight is 251 g/mol. The van der Waals surface area contributed by atoms with Gasteiger partial charge < -0.3 is 11.1 Å². The highest BCUT2D eigenvalue weighted by molar-refractivity contribution is 5.78. The third-order valence-electron chi connectivity index (χ3n) is 2.68. The zero-order valence-electron chi connectivity index (χ0n) is 10.3. The van der Waals surface area contributed by atoms with Crippen molar-refractivity contribution in [2.75, 3.05) is 13.1 Å². The van der Waals surface area contributed by atoms with Crippen LogP contribution >= 0.6 is 0 Å². The van der Waals surface area contributed by atoms with Crippen LogP contribution in [0.5, 0.6) is 0 Å². The van der Waals surface area contributed by atoms with E-state index < -0.39 is 4.92 Å². The molecule has 0 spiro atoms. The summed E-state index contributed by atoms with van der Waals surface area (Å²) in [5, 5.41) is 13.5. The van der Waals surface area contributed by atoms with Crippen molar-refractivity contribution < 1.29 is 9.72 Å². The van der Waals surface area contributed by atoms with E-state index in [1.165, 1.54) is 6.07 Å². The van der Waals surface area contributed by atoms with Gasteiger partial charge >= 0.3 is 0 Å². The summed E-state index contributed by atoms with van der Waals surface area (Å²) >= 11 is 0. The van der Waals surface area contributed by atoms with Gasteiger partial charge in [-0.3, -0.25) is 14.9 Å². The van der Waals surface area contributed by atoms with Crippen molar-refractivity contribution in [1.29, 1.82) is 0 Å². The minimum Gasteiger partial charge on any atom is -0.355 e. The number of nitro groups is 1. The molecule has 0 bridgehead atoms. The molecule has 6 nitrogen and oxygen atoms in total. The molecule has 0 aromatic heterocycles. The monoisotopic (exact) mass is 251 g/mol. The van der Waals surface area contributed by atoms with E-state index >= 15 is 0 Å². The van der Waals surface area contributed by atoms with E-state index in [9.17, 15) is 14.9 Å². The summed E-state index contributed by atoms with van der Waals surface area (Å²) < 4.78 is 0. The fourth-order valence-corrected chi connectivity index (χ4v) is 1.50. The van der Waals surface area contributed by atoms with Crippen LogP contribution in [0.15, 0.2) is 24.3 Å². The van der Waals surface area contributed by atoms with Crippen molar-refractivity contribution in [3.8, 4) is 0 Å². The minimum absolute atomic E-state index is 0.0821. The Morgan fingerprint density at radius 1 is 1.50 bits per heavy atom. The van der Waals surface area contributed by atoms with E-state index in [1.807, 2.05) is 0 Å². The first kappa shape index (κ1) is 14.1. The lowest BCUT2D eigenvalue weighted by atomic mass is 10.1. The standard InChI is InChI=1S/C12H17N3O3/c1-9(8-13)12(16)14-7-6-10-4-2-3-5-11(10)15(17)18/h2-5,9H,6-8,13H2,1H3,(H,14,16). The highest BCUT2D eigenvalue weighted by Crippen LogP contribution is 2.17. The lowest BCUT2D eigenvalue weighted by Crippen LogP contribution is -2.34. The van der Waals surface area contributed by atoms with E-state index in [2.05, 4.69) is 5.32 Å². The van der Waals surface area contributed by atoms with Crippen LogP contribution in [-0.4, -0.2) is 23.9 Å². The Bertz CT molecular complexity index is 434. The molecule has 18 heavy (non-hydrogen) atoms. The van der Waals surface area contributed by atoms with E-state index in [-0.39, 0.29) is 24.1 Å². The molecule has 6 heteroatoms. The van der Waals surface area contributed by atoms with Crippen molar-refractivity contribution in [3.05, 3.63) is 39.9 Å². The third-order valence-corrected chi connectivity index (χ3v) is 2.68. The van der Waals surface area contributed by atoms with Gasteiger partial charge in [-0.1, -0.05) is 25.1 Å². The molecule has 0 saturated heterocycles. The van der Waals surface area contributed by atoms with Gasteiger partial charge in [-0.15, -0.1) is 0 Å². The van der Waals surface area contributed by atoms with Gasteiger partial charge in [0.15, 0.2) is 0 Å². The Morgan fingerprint density at radius 2 is 2.17 bits per heavy atom. The van der Waals surface area contributed by atoms with Gasteiger partial charge in [0.1, 0.15) is 0 Å². The largest absolute Gasteiger partial charge is 0.355 e. The predicted octanol–water partition coefficient (Wildman–Crippen LogP) is 0.848. The van der Waals surface area contributed by atoms with Crippen LogP contribution in [0.1, 0.15) is 12.5 Å². The summed E-state index contributed by atoms with van der Waals surface area (Å²) in [6.07, 6.45) is 0.431. The zero-order valence-corrected chi connectivity index (χ0v) is 10.3. The van der Waals surface area contributed by atoms with Gasteiger partial charge in [-0.25, -0.2) is 0 Å². The number of hydrogen-bond donors (Lipinski definition) is 2. The number of carbonyl (C=O) groups excluding carboxylic acids is 1.